The van der Waals surface area contributed by atoms with Crippen molar-refractivity contribution in [1.29, 1.82) is 0 Å². The maximum Gasteiger partial charge on any atom is 0.194 e. The third-order valence-electron chi connectivity index (χ3n) is 1.24. The quantitative estimate of drug-likeness (QED) is 0.512. The van der Waals surface area contributed by atoms with Crippen LogP contribution in [0.2, 0.25) is 0 Å². The van der Waals surface area contributed by atoms with E-state index in [4.69, 9.17) is 16.5 Å². The molecule has 0 saturated heterocycles. The van der Waals surface area contributed by atoms with Gasteiger partial charge in [-0.15, -0.1) is 0 Å². The second-order valence-electron chi connectivity index (χ2n) is 1.92. The Hall–Kier alpha value is -1.29. The van der Waals surface area contributed by atoms with Crippen molar-refractivity contribution in [2.45, 2.75) is 0 Å². The zero-order valence-electron chi connectivity index (χ0n) is 5.44. The topological polar surface area (TPSA) is 37.2 Å². The molecule has 0 aliphatic carbocycles. The van der Waals surface area contributed by atoms with Crippen LogP contribution in [0.25, 0.3) is 0 Å². The summed E-state index contributed by atoms with van der Waals surface area (Å²) in [7, 11) is 0. The molecule has 5 heteroatoms. The minimum Gasteiger partial charge on any atom is -0.458 e. The average Bonchev–Trinajstić information content (AvgIpc) is 2.06. The van der Waals surface area contributed by atoms with E-state index in [0.717, 1.165) is 0 Å². The molecule has 0 spiro atoms. The molecule has 0 atom stereocenters. The first-order valence-electron chi connectivity index (χ1n) is 2.96. The molecular weight excluding hydrogens is 166 g/mol. The summed E-state index contributed by atoms with van der Waals surface area (Å²) in [5.41, 5.74) is 0. The molecule has 0 aromatic carbocycles. The summed E-state index contributed by atoms with van der Waals surface area (Å²) >= 11 is 5.69. The Morgan fingerprint density at radius 3 is 3.27 bits per heavy atom. The minimum absolute atomic E-state index is 0.559. The van der Waals surface area contributed by atoms with Crippen LogP contribution in [0.5, 0.6) is 0 Å². The second kappa shape index (κ2) is 2.39. The highest BCUT2D eigenvalue weighted by Gasteiger charge is 2.18. The van der Waals surface area contributed by atoms with Crippen molar-refractivity contribution < 1.29 is 4.74 Å². The molecule has 0 bridgehead atoms. The molecule has 0 N–H and O–H groups in total. The maximum atomic E-state index is 5.69. The van der Waals surface area contributed by atoms with E-state index in [1.807, 2.05) is 0 Å². The van der Waals surface area contributed by atoms with Gasteiger partial charge in [-0.3, -0.25) is 0 Å². The lowest BCUT2D eigenvalue weighted by Gasteiger charge is -2.18. The van der Waals surface area contributed by atoms with E-state index in [-0.39, 0.29) is 0 Å². The molecule has 11 heavy (non-hydrogen) atoms. The van der Waals surface area contributed by atoms with Crippen molar-refractivity contribution in [3.8, 4) is 0 Å². The highest BCUT2D eigenvalue weighted by atomic mass is 35.5. The predicted molar refractivity (Wildman–Crippen MR) is 41.9 cm³/mol. The average molecular weight is 170 g/mol. The Morgan fingerprint density at radius 1 is 1.55 bits per heavy atom. The number of hydrogen-bond donors (Lipinski definition) is 0. The Bertz CT molecular complexity index is 292. The fourth-order valence-electron chi connectivity index (χ4n) is 0.784. The molecule has 0 amide bonds. The van der Waals surface area contributed by atoms with Gasteiger partial charge in [0.15, 0.2) is 11.6 Å². The van der Waals surface area contributed by atoms with E-state index in [2.05, 4.69) is 9.98 Å². The first-order chi connectivity index (χ1) is 5.38. The van der Waals surface area contributed by atoms with Crippen molar-refractivity contribution in [3.05, 3.63) is 24.4 Å². The van der Waals surface area contributed by atoms with Gasteiger partial charge in [-0.1, -0.05) is 0 Å². The largest absolute Gasteiger partial charge is 0.458 e. The van der Waals surface area contributed by atoms with Gasteiger partial charge in [-0.2, -0.15) is 0 Å². The minimum atomic E-state index is 0.559. The number of halogens is 1. The lowest BCUT2D eigenvalue weighted by molar-refractivity contribution is 0.364. The summed E-state index contributed by atoms with van der Waals surface area (Å²) in [4.78, 5) is 7.79. The number of rotatable bonds is 0. The Morgan fingerprint density at radius 2 is 2.45 bits per heavy atom. The van der Waals surface area contributed by atoms with Crippen LogP contribution in [0.4, 0.5) is 0 Å². The van der Waals surface area contributed by atoms with E-state index >= 15 is 0 Å². The lowest BCUT2D eigenvalue weighted by atomic mass is 10.4. The van der Waals surface area contributed by atoms with Crippen molar-refractivity contribution in [2.24, 2.45) is 9.98 Å². The summed E-state index contributed by atoms with van der Waals surface area (Å²) in [6.07, 6.45) is 6.01. The predicted octanol–water partition coefficient (Wildman–Crippen LogP) is 1.23. The Kier molecular flexibility index (Phi) is 1.40. The van der Waals surface area contributed by atoms with Gasteiger partial charge in [0, 0.05) is 11.8 Å². The Labute approximate surface area is 68.3 Å². The molecule has 0 fully saturated rings. The summed E-state index contributed by atoms with van der Waals surface area (Å²) in [6.45, 7) is 0. The van der Waals surface area contributed by atoms with Crippen LogP contribution in [0, 0.1) is 0 Å². The molecule has 0 unspecified atom stereocenters. The number of hydrogen-bond acceptors (Lipinski definition) is 4. The van der Waals surface area contributed by atoms with Crippen molar-refractivity contribution in [3.63, 3.8) is 0 Å². The van der Waals surface area contributed by atoms with Crippen LogP contribution in [-0.2, 0) is 4.74 Å². The van der Waals surface area contributed by atoms with Gasteiger partial charge in [0.1, 0.15) is 12.6 Å². The molecular formula is C6H4ClN3O. The SMILES string of the molecule is ClN1C=NC=C2OC=CN=C21. The van der Waals surface area contributed by atoms with Crippen LogP contribution in [0.15, 0.2) is 34.4 Å². The molecule has 2 heterocycles. The molecule has 0 aromatic rings. The molecule has 4 nitrogen and oxygen atoms in total. The smallest absolute Gasteiger partial charge is 0.194 e. The van der Waals surface area contributed by atoms with Crippen molar-refractivity contribution in [1.82, 2.24) is 4.42 Å². The highest BCUT2D eigenvalue weighted by molar-refractivity contribution is 6.31. The molecule has 2 aliphatic heterocycles. The van der Waals surface area contributed by atoms with Gasteiger partial charge in [-0.25, -0.2) is 14.4 Å². The van der Waals surface area contributed by atoms with E-state index in [9.17, 15) is 0 Å². The van der Waals surface area contributed by atoms with Crippen LogP contribution < -0.4 is 0 Å². The van der Waals surface area contributed by atoms with Gasteiger partial charge in [-0.05, 0) is 0 Å². The van der Waals surface area contributed by atoms with E-state index < -0.39 is 0 Å². The number of fused-ring (bicyclic) bond motifs is 1. The number of ether oxygens (including phenoxy) is 1. The zero-order chi connectivity index (χ0) is 7.68. The van der Waals surface area contributed by atoms with Gasteiger partial charge in [0.2, 0.25) is 0 Å². The van der Waals surface area contributed by atoms with Crippen LogP contribution >= 0.6 is 11.8 Å². The van der Waals surface area contributed by atoms with Gasteiger partial charge >= 0.3 is 0 Å². The van der Waals surface area contributed by atoms with Gasteiger partial charge < -0.3 is 4.74 Å². The standard InChI is InChI=1S/C6H4ClN3O/c7-10-4-8-3-5-6(10)9-1-2-11-5/h1-4H. The Balaban J connectivity index is 2.41. The monoisotopic (exact) mass is 169 g/mol. The molecule has 0 aromatic heterocycles. The third-order valence-corrected chi connectivity index (χ3v) is 1.48. The lowest BCUT2D eigenvalue weighted by Crippen LogP contribution is -2.26. The van der Waals surface area contributed by atoms with E-state index in [0.29, 0.717) is 11.6 Å². The summed E-state index contributed by atoms with van der Waals surface area (Å²) in [6, 6.07) is 0. The first kappa shape index (κ1) is 6.42. The number of amidine groups is 1. The fourth-order valence-corrected chi connectivity index (χ4v) is 0.961. The van der Waals surface area contributed by atoms with Crippen molar-refractivity contribution >= 4 is 24.0 Å². The highest BCUT2D eigenvalue weighted by Crippen LogP contribution is 2.15. The van der Waals surface area contributed by atoms with Crippen LogP contribution in [-0.4, -0.2) is 16.6 Å². The molecule has 2 aliphatic rings. The van der Waals surface area contributed by atoms with Crippen molar-refractivity contribution in [2.75, 3.05) is 0 Å². The molecule has 2 rings (SSSR count). The van der Waals surface area contributed by atoms with Crippen LogP contribution in [0.3, 0.4) is 0 Å². The number of nitrogens with zero attached hydrogens (tertiary/aromatic N) is 3. The normalized spacial score (nSPS) is 20.3. The van der Waals surface area contributed by atoms with Gasteiger partial charge in [0.05, 0.1) is 12.4 Å². The first-order valence-corrected chi connectivity index (χ1v) is 3.30. The molecule has 0 saturated carbocycles. The molecule has 0 radical (unpaired) electrons. The molecule has 56 valence electrons. The fraction of sp³-hybridized carbons (Fsp3) is 0. The van der Waals surface area contributed by atoms with Crippen LogP contribution in [0.1, 0.15) is 0 Å². The second-order valence-corrected chi connectivity index (χ2v) is 2.29. The number of aliphatic imine (C=N–C) groups is 2. The third kappa shape index (κ3) is 1.01. The maximum absolute atomic E-state index is 5.69. The summed E-state index contributed by atoms with van der Waals surface area (Å²) in [5.74, 6) is 1.12. The van der Waals surface area contributed by atoms with E-state index in [1.165, 1.54) is 23.2 Å². The van der Waals surface area contributed by atoms with E-state index in [1.54, 1.807) is 6.20 Å². The summed E-state index contributed by atoms with van der Waals surface area (Å²) in [5, 5.41) is 0. The summed E-state index contributed by atoms with van der Waals surface area (Å²) < 4.78 is 6.34. The van der Waals surface area contributed by atoms with Gasteiger partial charge in [0.25, 0.3) is 0 Å². The zero-order valence-corrected chi connectivity index (χ0v) is 6.19.